The van der Waals surface area contributed by atoms with Crippen LogP contribution in [0.1, 0.15) is 24.2 Å². The van der Waals surface area contributed by atoms with Crippen molar-refractivity contribution in [2.75, 3.05) is 13.7 Å². The van der Waals surface area contributed by atoms with E-state index in [1.807, 2.05) is 0 Å². The number of Topliss-reactive ketones (excluding diaryl/α,β-unsaturated/α-hetero) is 2. The van der Waals surface area contributed by atoms with Crippen LogP contribution in [0.2, 0.25) is 0 Å². The Labute approximate surface area is 111 Å². The minimum Gasteiger partial charge on any atom is -0.496 e. The number of methoxy groups -OCH3 is 1. The van der Waals surface area contributed by atoms with Crippen LogP contribution in [-0.2, 0) is 14.3 Å². The number of para-hydroxylation sites is 1. The van der Waals surface area contributed by atoms with Crippen LogP contribution in [0.5, 0.6) is 5.75 Å². The maximum Gasteiger partial charge on any atom is 0.324 e. The summed E-state index contributed by atoms with van der Waals surface area (Å²) in [5.74, 6) is -3.09. The van der Waals surface area contributed by atoms with E-state index in [0.29, 0.717) is 5.75 Å². The fourth-order valence-corrected chi connectivity index (χ4v) is 1.69. The Bertz CT molecular complexity index is 492. The van der Waals surface area contributed by atoms with Crippen LogP contribution >= 0.6 is 0 Å². The van der Waals surface area contributed by atoms with Crippen molar-refractivity contribution in [3.05, 3.63) is 29.8 Å². The van der Waals surface area contributed by atoms with Crippen molar-refractivity contribution < 1.29 is 23.9 Å². The van der Waals surface area contributed by atoms with E-state index < -0.39 is 23.5 Å². The molecule has 1 rings (SSSR count). The molecule has 0 aliphatic heterocycles. The highest BCUT2D eigenvalue weighted by Gasteiger charge is 2.34. The van der Waals surface area contributed by atoms with Crippen molar-refractivity contribution in [1.82, 2.24) is 0 Å². The number of carbonyl (C=O) groups is 3. The number of carbonyl (C=O) groups excluding carboxylic acids is 3. The summed E-state index contributed by atoms with van der Waals surface area (Å²) in [6.45, 7) is 2.92. The SMILES string of the molecule is CCOC(=O)C(C(C)=O)C(=O)c1ccccc1OC. The number of esters is 1. The van der Waals surface area contributed by atoms with Crippen molar-refractivity contribution in [3.8, 4) is 5.75 Å². The van der Waals surface area contributed by atoms with Crippen LogP contribution in [0.3, 0.4) is 0 Å². The van der Waals surface area contributed by atoms with Crippen molar-refractivity contribution in [2.24, 2.45) is 5.92 Å². The average molecular weight is 264 g/mol. The van der Waals surface area contributed by atoms with E-state index in [2.05, 4.69) is 0 Å². The van der Waals surface area contributed by atoms with Gasteiger partial charge < -0.3 is 9.47 Å². The summed E-state index contributed by atoms with van der Waals surface area (Å²) in [4.78, 5) is 35.5. The number of benzene rings is 1. The highest BCUT2D eigenvalue weighted by Crippen LogP contribution is 2.22. The summed E-state index contributed by atoms with van der Waals surface area (Å²) in [5.41, 5.74) is 0.193. The van der Waals surface area contributed by atoms with Gasteiger partial charge in [0.1, 0.15) is 5.75 Å². The Hall–Kier alpha value is -2.17. The molecule has 1 aromatic carbocycles. The van der Waals surface area contributed by atoms with E-state index >= 15 is 0 Å². The molecule has 0 aromatic heterocycles. The second-order valence-electron chi connectivity index (χ2n) is 3.86. The molecule has 0 bridgehead atoms. The Kier molecular flexibility index (Phi) is 5.23. The van der Waals surface area contributed by atoms with Crippen molar-refractivity contribution in [3.63, 3.8) is 0 Å². The summed E-state index contributed by atoms with van der Waals surface area (Å²) < 4.78 is 9.81. The standard InChI is InChI=1S/C14H16O5/c1-4-19-14(17)12(9(2)15)13(16)10-7-5-6-8-11(10)18-3/h5-8,12H,4H2,1-3H3. The van der Waals surface area contributed by atoms with Crippen LogP contribution in [0, 0.1) is 5.92 Å². The summed E-state index contributed by atoms with van der Waals surface area (Å²) in [6, 6.07) is 6.44. The zero-order valence-electron chi connectivity index (χ0n) is 11.1. The first kappa shape index (κ1) is 14.9. The van der Waals surface area contributed by atoms with Crippen LogP contribution in [0.25, 0.3) is 0 Å². The molecule has 0 saturated heterocycles. The second kappa shape index (κ2) is 6.68. The predicted molar refractivity (Wildman–Crippen MR) is 68.1 cm³/mol. The average Bonchev–Trinajstić information content (AvgIpc) is 2.38. The molecule has 0 N–H and O–H groups in total. The van der Waals surface area contributed by atoms with E-state index in [4.69, 9.17) is 9.47 Å². The fraction of sp³-hybridized carbons (Fsp3) is 0.357. The Balaban J connectivity index is 3.13. The quantitative estimate of drug-likeness (QED) is 0.444. The van der Waals surface area contributed by atoms with Crippen molar-refractivity contribution >= 4 is 17.5 Å². The lowest BCUT2D eigenvalue weighted by atomic mass is 9.94. The van der Waals surface area contributed by atoms with Crippen LogP contribution < -0.4 is 4.74 Å². The topological polar surface area (TPSA) is 69.7 Å². The highest BCUT2D eigenvalue weighted by atomic mass is 16.5. The monoisotopic (exact) mass is 264 g/mol. The molecule has 5 heteroatoms. The minimum atomic E-state index is -1.43. The predicted octanol–water partition coefficient (Wildman–Crippen LogP) is 1.65. The lowest BCUT2D eigenvalue weighted by Crippen LogP contribution is -2.32. The van der Waals surface area contributed by atoms with Gasteiger partial charge in [-0.25, -0.2) is 0 Å². The maximum absolute atomic E-state index is 12.3. The van der Waals surface area contributed by atoms with Crippen molar-refractivity contribution in [1.29, 1.82) is 0 Å². The van der Waals surface area contributed by atoms with Gasteiger partial charge >= 0.3 is 5.97 Å². The molecule has 1 atom stereocenters. The lowest BCUT2D eigenvalue weighted by Gasteiger charge is -2.13. The molecular formula is C14H16O5. The smallest absolute Gasteiger partial charge is 0.324 e. The van der Waals surface area contributed by atoms with Crippen LogP contribution in [-0.4, -0.2) is 31.3 Å². The van der Waals surface area contributed by atoms with Gasteiger partial charge in [-0.15, -0.1) is 0 Å². The molecule has 0 spiro atoms. The van der Waals surface area contributed by atoms with E-state index in [9.17, 15) is 14.4 Å². The molecule has 0 radical (unpaired) electrons. The normalized spacial score (nSPS) is 11.5. The zero-order chi connectivity index (χ0) is 14.4. The molecule has 0 amide bonds. The van der Waals surface area contributed by atoms with Gasteiger partial charge in [0.25, 0.3) is 0 Å². The summed E-state index contributed by atoms with van der Waals surface area (Å²) >= 11 is 0. The zero-order valence-corrected chi connectivity index (χ0v) is 11.1. The molecule has 0 saturated carbocycles. The van der Waals surface area contributed by atoms with E-state index in [0.717, 1.165) is 0 Å². The highest BCUT2D eigenvalue weighted by molar-refractivity contribution is 6.22. The molecule has 0 fully saturated rings. The minimum absolute atomic E-state index is 0.113. The molecule has 19 heavy (non-hydrogen) atoms. The molecule has 5 nitrogen and oxygen atoms in total. The van der Waals surface area contributed by atoms with E-state index in [1.54, 1.807) is 25.1 Å². The molecule has 0 aliphatic rings. The molecule has 1 aromatic rings. The molecular weight excluding hydrogens is 248 g/mol. The first-order chi connectivity index (χ1) is 9.02. The third kappa shape index (κ3) is 3.40. The summed E-state index contributed by atoms with van der Waals surface area (Å²) in [7, 11) is 1.42. The Morgan fingerprint density at radius 2 is 1.84 bits per heavy atom. The van der Waals surface area contributed by atoms with Gasteiger partial charge in [0.2, 0.25) is 0 Å². The van der Waals surface area contributed by atoms with Gasteiger partial charge in [0.15, 0.2) is 17.5 Å². The third-order valence-electron chi connectivity index (χ3n) is 2.56. The van der Waals surface area contributed by atoms with Gasteiger partial charge in [-0.2, -0.15) is 0 Å². The van der Waals surface area contributed by atoms with Gasteiger partial charge in [0.05, 0.1) is 19.3 Å². The fourth-order valence-electron chi connectivity index (χ4n) is 1.69. The Morgan fingerprint density at radius 3 is 2.37 bits per heavy atom. The number of hydrogen-bond donors (Lipinski definition) is 0. The van der Waals surface area contributed by atoms with E-state index in [-0.39, 0.29) is 12.2 Å². The molecule has 0 heterocycles. The van der Waals surface area contributed by atoms with Gasteiger partial charge in [0, 0.05) is 0 Å². The Morgan fingerprint density at radius 1 is 1.21 bits per heavy atom. The number of ketones is 2. The van der Waals surface area contributed by atoms with E-state index in [1.165, 1.54) is 20.1 Å². The van der Waals surface area contributed by atoms with Crippen LogP contribution in [0.4, 0.5) is 0 Å². The number of rotatable bonds is 6. The van der Waals surface area contributed by atoms with Gasteiger partial charge in [-0.05, 0) is 26.0 Å². The first-order valence-corrected chi connectivity index (χ1v) is 5.87. The summed E-state index contributed by atoms with van der Waals surface area (Å²) in [6.07, 6.45) is 0. The molecule has 102 valence electrons. The molecule has 0 aliphatic carbocycles. The second-order valence-corrected chi connectivity index (χ2v) is 3.86. The van der Waals surface area contributed by atoms with Gasteiger partial charge in [-0.3, -0.25) is 14.4 Å². The first-order valence-electron chi connectivity index (χ1n) is 5.87. The number of ether oxygens (including phenoxy) is 2. The number of hydrogen-bond acceptors (Lipinski definition) is 5. The largest absolute Gasteiger partial charge is 0.496 e. The lowest BCUT2D eigenvalue weighted by molar-refractivity contribution is -0.148. The summed E-state index contributed by atoms with van der Waals surface area (Å²) in [5, 5.41) is 0. The van der Waals surface area contributed by atoms with Crippen molar-refractivity contribution in [2.45, 2.75) is 13.8 Å². The van der Waals surface area contributed by atoms with Gasteiger partial charge in [-0.1, -0.05) is 12.1 Å². The van der Waals surface area contributed by atoms with Crippen LogP contribution in [0.15, 0.2) is 24.3 Å². The third-order valence-corrected chi connectivity index (χ3v) is 2.56. The molecule has 1 unspecified atom stereocenters. The maximum atomic E-state index is 12.3.